The van der Waals surface area contributed by atoms with Gasteiger partial charge in [-0.25, -0.2) is 0 Å². The van der Waals surface area contributed by atoms with Gasteiger partial charge in [0.25, 0.3) is 0 Å². The molecule has 0 bridgehead atoms. The molecule has 1 aromatic carbocycles. The number of benzene rings is 1. The molecular weight excluding hydrogens is 792 g/mol. The molecular formula is C12H12Hg3NO2. The molecule has 0 spiro atoms. The number of hydrogen-bond donors (Lipinski definition) is 1. The van der Waals surface area contributed by atoms with E-state index in [9.17, 15) is 9.59 Å². The van der Waals surface area contributed by atoms with E-state index < -0.39 is 0 Å². The van der Waals surface area contributed by atoms with E-state index >= 15 is 0 Å². The Morgan fingerprint density at radius 2 is 1.56 bits per heavy atom. The number of amides is 1. The summed E-state index contributed by atoms with van der Waals surface area (Å²) in [5, 5.41) is 2.97. The summed E-state index contributed by atoms with van der Waals surface area (Å²) in [6.07, 6.45) is -0.0113. The third kappa shape index (κ3) is 4.08. The second-order valence-electron chi connectivity index (χ2n) is 4.49. The maximum absolute atomic E-state index is 11.8. The van der Waals surface area contributed by atoms with Gasteiger partial charge in [0.2, 0.25) is 0 Å². The minimum atomic E-state index is -0.165. The summed E-state index contributed by atoms with van der Waals surface area (Å²) in [5.74, 6) is -0.247. The van der Waals surface area contributed by atoms with Crippen molar-refractivity contribution in [2.24, 2.45) is 0 Å². The number of Topliss-reactive ketones (excluding diaryl/α,β-unsaturated/α-hetero) is 1. The summed E-state index contributed by atoms with van der Waals surface area (Å²) in [6, 6.07) is 0. The van der Waals surface area contributed by atoms with Gasteiger partial charge in [0.05, 0.1) is 0 Å². The quantitative estimate of drug-likeness (QED) is 0.339. The molecule has 0 unspecified atom stereocenters. The summed E-state index contributed by atoms with van der Waals surface area (Å²) in [6.45, 7) is 5.77. The molecule has 0 atom stereocenters. The number of carbonyl (C=O) groups excluding carboxylic acids is 2. The molecule has 0 heterocycles. The van der Waals surface area contributed by atoms with Crippen LogP contribution in [-0.2, 0) is 88.0 Å². The summed E-state index contributed by atoms with van der Waals surface area (Å²) in [7, 11) is 0. The molecule has 83 valence electrons. The van der Waals surface area contributed by atoms with Crippen LogP contribution in [0.3, 0.4) is 0 Å². The molecule has 18 heavy (non-hydrogen) atoms. The van der Waals surface area contributed by atoms with Crippen LogP contribution in [-0.4, -0.2) is 11.7 Å². The van der Waals surface area contributed by atoms with Crippen LogP contribution in [0.2, 0.25) is 0 Å². The molecule has 0 saturated carbocycles. The van der Waals surface area contributed by atoms with Crippen LogP contribution in [0.15, 0.2) is 0 Å². The van der Waals surface area contributed by atoms with Gasteiger partial charge in [0.15, 0.2) is 0 Å². The number of carbonyl (C=O) groups is 2. The first-order chi connectivity index (χ1) is 8.25. The van der Waals surface area contributed by atoms with Gasteiger partial charge in [0.1, 0.15) is 0 Å². The van der Waals surface area contributed by atoms with E-state index in [-0.39, 0.29) is 18.1 Å². The fourth-order valence-electron chi connectivity index (χ4n) is 1.80. The predicted octanol–water partition coefficient (Wildman–Crippen LogP) is -0.263. The first-order valence-corrected chi connectivity index (χ1v) is 13.9. The van der Waals surface area contributed by atoms with E-state index in [2.05, 4.69) is 19.2 Å². The number of hydrogen-bond acceptors (Lipinski definition) is 2. The second-order valence-corrected chi connectivity index (χ2v) is 12.7. The second kappa shape index (κ2) is 7.25. The molecule has 0 radical (unpaired) electrons. The van der Waals surface area contributed by atoms with E-state index in [0.29, 0.717) is 78.4 Å². The minimum absolute atomic E-state index is 0.0113. The Hall–Kier alpha value is 1.17. The van der Waals surface area contributed by atoms with E-state index in [1.54, 1.807) is 0 Å². The van der Waals surface area contributed by atoms with Crippen molar-refractivity contribution in [3.8, 4) is 0 Å². The van der Waals surface area contributed by atoms with E-state index in [1.165, 1.54) is 27.3 Å². The van der Waals surface area contributed by atoms with Crippen molar-refractivity contribution in [3.05, 3.63) is 11.1 Å². The fraction of sp³-hybridized carbons (Fsp3) is 0.333. The summed E-state index contributed by atoms with van der Waals surface area (Å²) >= 11 is 1.66. The van der Waals surface area contributed by atoms with E-state index in [1.807, 2.05) is 0 Å². The summed E-state index contributed by atoms with van der Waals surface area (Å²) in [4.78, 5) is 22.7. The molecule has 0 aliphatic carbocycles. The van der Waals surface area contributed by atoms with Crippen LogP contribution in [0, 0.1) is 13.8 Å². The zero-order valence-corrected chi connectivity index (χ0v) is 27.6. The van der Waals surface area contributed by atoms with Gasteiger partial charge in [-0.05, 0) is 0 Å². The Bertz CT molecular complexity index is 498. The van der Waals surface area contributed by atoms with E-state index in [0.717, 1.165) is 5.69 Å². The van der Waals surface area contributed by atoms with Crippen LogP contribution >= 0.6 is 0 Å². The Kier molecular flexibility index (Phi) is 6.94. The molecule has 1 rings (SSSR count). The molecule has 1 N–H and O–H groups in total. The van der Waals surface area contributed by atoms with Gasteiger partial charge in [-0.1, -0.05) is 0 Å². The molecule has 0 aromatic heterocycles. The zero-order valence-electron chi connectivity index (χ0n) is 11.1. The summed E-state index contributed by atoms with van der Waals surface area (Å²) < 4.78 is 4.37. The molecule has 0 aliphatic heterocycles. The molecule has 1 aromatic rings. The van der Waals surface area contributed by atoms with Gasteiger partial charge < -0.3 is 0 Å². The average molecular weight is 804 g/mol. The van der Waals surface area contributed by atoms with Crippen LogP contribution in [0.4, 0.5) is 5.69 Å². The van der Waals surface area contributed by atoms with Crippen molar-refractivity contribution in [1.82, 2.24) is 0 Å². The topological polar surface area (TPSA) is 46.2 Å². The van der Waals surface area contributed by atoms with Crippen molar-refractivity contribution >= 4 is 26.6 Å². The maximum atomic E-state index is 11.8. The fourth-order valence-corrected chi connectivity index (χ4v) is 11.0. The first kappa shape index (κ1) is 17.2. The van der Waals surface area contributed by atoms with Gasteiger partial charge >= 0.3 is 158 Å². The van der Waals surface area contributed by atoms with Gasteiger partial charge in [0, 0.05) is 0 Å². The van der Waals surface area contributed by atoms with Crippen LogP contribution in [0.25, 0.3) is 0 Å². The molecule has 1 amide bonds. The van der Waals surface area contributed by atoms with Crippen molar-refractivity contribution < 1.29 is 88.0 Å². The van der Waals surface area contributed by atoms with Crippen molar-refractivity contribution in [3.63, 3.8) is 0 Å². The Morgan fingerprint density at radius 3 is 2.06 bits per heavy atom. The molecule has 6 heteroatoms. The number of anilines is 1. The number of rotatable bonds is 3. The Labute approximate surface area is 156 Å². The van der Waals surface area contributed by atoms with Gasteiger partial charge in [-0.15, -0.1) is 0 Å². The third-order valence-electron chi connectivity index (χ3n) is 3.07. The van der Waals surface area contributed by atoms with Crippen molar-refractivity contribution in [2.45, 2.75) is 27.2 Å². The standard InChI is InChI=1S/C12H12NO2.3Hg/c1-8-4-5-11(9(2)6-8)13-12(15)7-10(3)14;;;/h7H2,1-3H3,(H,13,15);;;. The third-order valence-corrected chi connectivity index (χ3v) is 21.5. The Balaban J connectivity index is 3.18. The van der Waals surface area contributed by atoms with Crippen LogP contribution < -0.4 is 14.5 Å². The van der Waals surface area contributed by atoms with Crippen molar-refractivity contribution in [2.75, 3.05) is 5.32 Å². The normalized spacial score (nSPS) is 10.5. The number of nitrogens with one attached hydrogen (secondary N) is 1. The molecule has 0 saturated heterocycles. The van der Waals surface area contributed by atoms with Gasteiger partial charge in [-0.2, -0.15) is 0 Å². The van der Waals surface area contributed by atoms with Crippen LogP contribution in [0.5, 0.6) is 0 Å². The SMILES string of the molecule is CC(=O)CC(=O)Nc1c(C)[c]([Hg])c(C)[c]([Hg])[c]1[Hg]. The molecule has 0 aliphatic rings. The van der Waals surface area contributed by atoms with Crippen LogP contribution in [0.1, 0.15) is 24.5 Å². The molecule has 3 nitrogen and oxygen atoms in total. The number of ketones is 1. The average Bonchev–Trinajstić information content (AvgIpc) is 2.29. The zero-order chi connectivity index (χ0) is 14.0. The predicted molar refractivity (Wildman–Crippen MR) is 58.7 cm³/mol. The van der Waals surface area contributed by atoms with E-state index in [4.69, 9.17) is 0 Å². The molecule has 0 fully saturated rings. The Morgan fingerprint density at radius 1 is 1.00 bits per heavy atom. The summed E-state index contributed by atoms with van der Waals surface area (Å²) in [5.41, 5.74) is 3.76. The van der Waals surface area contributed by atoms with Gasteiger partial charge in [-0.3, -0.25) is 0 Å². The monoisotopic (exact) mass is 808 g/mol. The first-order valence-electron chi connectivity index (χ1n) is 5.68. The van der Waals surface area contributed by atoms with Crippen molar-refractivity contribution in [1.29, 1.82) is 0 Å².